The average molecular weight is 242 g/mol. The van der Waals surface area contributed by atoms with E-state index in [0.717, 1.165) is 25.8 Å². The first-order valence-electron chi connectivity index (χ1n) is 6.37. The molecule has 2 rings (SSSR count). The minimum Gasteiger partial charge on any atom is -0.352 e. The fourth-order valence-corrected chi connectivity index (χ4v) is 3.56. The fraction of sp³-hybridized carbons (Fsp3) is 0.917. The van der Waals surface area contributed by atoms with Crippen LogP contribution in [0.2, 0.25) is 0 Å². The summed E-state index contributed by atoms with van der Waals surface area (Å²) in [6, 6.07) is 0.478. The van der Waals surface area contributed by atoms with Gasteiger partial charge in [0, 0.05) is 6.04 Å². The number of piperidine rings is 1. The molecule has 0 spiro atoms. The Bertz CT molecular complexity index is 241. The van der Waals surface area contributed by atoms with E-state index in [2.05, 4.69) is 17.6 Å². The topological polar surface area (TPSA) is 41.1 Å². The van der Waals surface area contributed by atoms with Gasteiger partial charge in [-0.25, -0.2) is 0 Å². The molecule has 2 unspecified atom stereocenters. The summed E-state index contributed by atoms with van der Waals surface area (Å²) in [5.41, 5.74) is 0. The van der Waals surface area contributed by atoms with Crippen LogP contribution >= 0.6 is 11.8 Å². The smallest absolute Gasteiger partial charge is 0.237 e. The van der Waals surface area contributed by atoms with E-state index in [0.29, 0.717) is 12.0 Å². The van der Waals surface area contributed by atoms with Crippen molar-refractivity contribution >= 4 is 17.7 Å². The van der Waals surface area contributed by atoms with Gasteiger partial charge in [0.2, 0.25) is 5.91 Å². The molecule has 3 nitrogen and oxygen atoms in total. The third kappa shape index (κ3) is 3.39. The fourth-order valence-electron chi connectivity index (χ4n) is 2.45. The summed E-state index contributed by atoms with van der Waals surface area (Å²) in [5, 5.41) is 6.52. The van der Waals surface area contributed by atoms with Gasteiger partial charge >= 0.3 is 0 Å². The molecule has 0 aliphatic carbocycles. The highest BCUT2D eigenvalue weighted by Crippen LogP contribution is 2.18. The molecule has 2 saturated heterocycles. The lowest BCUT2D eigenvalue weighted by Gasteiger charge is -2.30. The summed E-state index contributed by atoms with van der Waals surface area (Å²) in [6.45, 7) is 3.22. The van der Waals surface area contributed by atoms with Crippen LogP contribution in [0.4, 0.5) is 0 Å². The van der Waals surface area contributed by atoms with Crippen LogP contribution in [0.5, 0.6) is 0 Å². The number of thioether (sulfide) groups is 1. The second-order valence-corrected chi connectivity index (χ2v) is 6.26. The van der Waals surface area contributed by atoms with Gasteiger partial charge in [0.05, 0.1) is 6.04 Å². The number of hydrogen-bond acceptors (Lipinski definition) is 3. The van der Waals surface area contributed by atoms with E-state index in [1.54, 1.807) is 0 Å². The van der Waals surface area contributed by atoms with Crippen LogP contribution in [0.15, 0.2) is 0 Å². The van der Waals surface area contributed by atoms with E-state index in [-0.39, 0.29) is 11.9 Å². The molecule has 0 aromatic heterocycles. The van der Waals surface area contributed by atoms with Crippen LogP contribution in [-0.2, 0) is 4.79 Å². The lowest BCUT2D eigenvalue weighted by molar-refractivity contribution is -0.124. The van der Waals surface area contributed by atoms with Crippen LogP contribution in [0.1, 0.15) is 32.6 Å². The van der Waals surface area contributed by atoms with Crippen molar-refractivity contribution in [2.45, 2.75) is 44.7 Å². The zero-order valence-corrected chi connectivity index (χ0v) is 10.8. The zero-order chi connectivity index (χ0) is 11.4. The predicted molar refractivity (Wildman–Crippen MR) is 68.7 cm³/mol. The summed E-state index contributed by atoms with van der Waals surface area (Å²) < 4.78 is 0. The minimum atomic E-state index is 0.0540. The maximum atomic E-state index is 12.0. The van der Waals surface area contributed by atoms with E-state index in [1.807, 2.05) is 11.8 Å². The van der Waals surface area contributed by atoms with Crippen molar-refractivity contribution in [3.63, 3.8) is 0 Å². The first kappa shape index (κ1) is 12.2. The van der Waals surface area contributed by atoms with Crippen molar-refractivity contribution in [3.8, 4) is 0 Å². The number of amides is 1. The van der Waals surface area contributed by atoms with Gasteiger partial charge in [0.15, 0.2) is 0 Å². The number of rotatable bonds is 2. The van der Waals surface area contributed by atoms with Crippen LogP contribution in [0.25, 0.3) is 0 Å². The third-order valence-electron chi connectivity index (χ3n) is 3.55. The Morgan fingerprint density at radius 3 is 2.75 bits per heavy atom. The summed E-state index contributed by atoms with van der Waals surface area (Å²) in [4.78, 5) is 12.0. The van der Waals surface area contributed by atoms with E-state index in [9.17, 15) is 4.79 Å². The van der Waals surface area contributed by atoms with E-state index in [4.69, 9.17) is 0 Å². The molecule has 2 atom stereocenters. The molecule has 0 saturated carbocycles. The van der Waals surface area contributed by atoms with Crippen LogP contribution < -0.4 is 10.6 Å². The van der Waals surface area contributed by atoms with Crippen LogP contribution in [-0.4, -0.2) is 36.0 Å². The second-order valence-electron chi connectivity index (χ2n) is 5.03. The molecule has 0 radical (unpaired) electrons. The van der Waals surface area contributed by atoms with Gasteiger partial charge in [-0.2, -0.15) is 11.8 Å². The van der Waals surface area contributed by atoms with Crippen molar-refractivity contribution in [2.24, 2.45) is 5.92 Å². The molecule has 2 N–H and O–H groups in total. The minimum absolute atomic E-state index is 0.0540. The van der Waals surface area contributed by atoms with Crippen molar-refractivity contribution in [3.05, 3.63) is 0 Å². The van der Waals surface area contributed by atoms with Crippen molar-refractivity contribution in [1.29, 1.82) is 0 Å². The third-order valence-corrected chi connectivity index (χ3v) is 4.60. The van der Waals surface area contributed by atoms with E-state index >= 15 is 0 Å². The molecule has 0 aromatic carbocycles. The molecule has 2 heterocycles. The summed E-state index contributed by atoms with van der Waals surface area (Å²) in [6.07, 6.45) is 4.47. The predicted octanol–water partition coefficient (Wildman–Crippen LogP) is 1.39. The van der Waals surface area contributed by atoms with Gasteiger partial charge in [-0.3, -0.25) is 4.79 Å². The van der Waals surface area contributed by atoms with Crippen molar-refractivity contribution in [2.75, 3.05) is 18.1 Å². The molecule has 0 aromatic rings. The largest absolute Gasteiger partial charge is 0.352 e. The monoisotopic (exact) mass is 242 g/mol. The highest BCUT2D eigenvalue weighted by molar-refractivity contribution is 7.99. The molecule has 4 heteroatoms. The summed E-state index contributed by atoms with van der Waals surface area (Å²) in [5.74, 6) is 3.29. The maximum absolute atomic E-state index is 12.0. The second kappa shape index (κ2) is 5.92. The molecule has 2 fully saturated rings. The normalized spacial score (nSPS) is 32.3. The Hall–Kier alpha value is -0.220. The van der Waals surface area contributed by atoms with Gasteiger partial charge in [0.25, 0.3) is 0 Å². The maximum Gasteiger partial charge on any atom is 0.237 e. The molecular weight excluding hydrogens is 220 g/mol. The molecular formula is C12H22N2OS. The summed E-state index contributed by atoms with van der Waals surface area (Å²) >= 11 is 1.99. The lowest BCUT2D eigenvalue weighted by atomic mass is 9.93. The molecule has 16 heavy (non-hydrogen) atoms. The number of carbonyl (C=O) groups excluding carboxylic acids is 1. The SMILES string of the molecule is CC1CCNC(C(=O)NC2CCSCC2)C1. The Morgan fingerprint density at radius 2 is 2.06 bits per heavy atom. The molecule has 2 aliphatic rings. The van der Waals surface area contributed by atoms with E-state index < -0.39 is 0 Å². The highest BCUT2D eigenvalue weighted by Gasteiger charge is 2.26. The van der Waals surface area contributed by atoms with Crippen LogP contribution in [0, 0.1) is 5.92 Å². The van der Waals surface area contributed by atoms with Gasteiger partial charge in [-0.1, -0.05) is 6.92 Å². The average Bonchev–Trinajstić information content (AvgIpc) is 2.30. The number of hydrogen-bond donors (Lipinski definition) is 2. The van der Waals surface area contributed by atoms with Gasteiger partial charge in [0.1, 0.15) is 0 Å². The van der Waals surface area contributed by atoms with Gasteiger partial charge in [-0.15, -0.1) is 0 Å². The molecule has 92 valence electrons. The van der Waals surface area contributed by atoms with Crippen molar-refractivity contribution < 1.29 is 4.79 Å². The number of nitrogens with one attached hydrogen (secondary N) is 2. The summed E-state index contributed by atoms with van der Waals surface area (Å²) in [7, 11) is 0. The first-order chi connectivity index (χ1) is 7.75. The Kier molecular flexibility index (Phi) is 4.53. The molecule has 2 aliphatic heterocycles. The highest BCUT2D eigenvalue weighted by atomic mass is 32.2. The molecule has 0 bridgehead atoms. The van der Waals surface area contributed by atoms with Crippen molar-refractivity contribution in [1.82, 2.24) is 10.6 Å². The Balaban J connectivity index is 1.77. The van der Waals surface area contributed by atoms with Gasteiger partial charge < -0.3 is 10.6 Å². The lowest BCUT2D eigenvalue weighted by Crippen LogP contribution is -2.51. The Labute approximate surface area is 102 Å². The standard InChI is InChI=1S/C12H22N2OS/c1-9-2-5-13-11(8-9)12(15)14-10-3-6-16-7-4-10/h9-11,13H,2-8H2,1H3,(H,14,15). The number of carbonyl (C=O) groups is 1. The van der Waals surface area contributed by atoms with E-state index in [1.165, 1.54) is 17.9 Å². The van der Waals surface area contributed by atoms with Gasteiger partial charge in [-0.05, 0) is 49.7 Å². The zero-order valence-electron chi connectivity index (χ0n) is 10.00. The quantitative estimate of drug-likeness (QED) is 0.769. The molecule has 1 amide bonds. The first-order valence-corrected chi connectivity index (χ1v) is 7.52. The van der Waals surface area contributed by atoms with Crippen LogP contribution in [0.3, 0.4) is 0 Å². The Morgan fingerprint density at radius 1 is 1.31 bits per heavy atom.